The second kappa shape index (κ2) is 3.61. The Labute approximate surface area is 110 Å². The van der Waals surface area contributed by atoms with E-state index >= 15 is 0 Å². The first-order chi connectivity index (χ1) is 8.72. The number of H-pyrrole nitrogens is 1. The van der Waals surface area contributed by atoms with E-state index in [-0.39, 0.29) is 5.92 Å². The van der Waals surface area contributed by atoms with Gasteiger partial charge in [-0.3, -0.25) is 4.79 Å². The van der Waals surface area contributed by atoms with E-state index in [2.05, 4.69) is 4.98 Å². The lowest BCUT2D eigenvalue weighted by Crippen LogP contribution is -2.12. The molecule has 0 aliphatic heterocycles. The molecule has 1 aromatic heterocycles. The van der Waals surface area contributed by atoms with Gasteiger partial charge in [-0.2, -0.15) is 0 Å². The zero-order valence-electron chi connectivity index (χ0n) is 9.95. The molecule has 2 nitrogen and oxygen atoms in total. The number of carbonyl (C=O) groups excluding carboxylic acids is 1. The fraction of sp³-hybridized carbons (Fsp3) is 0.400. The van der Waals surface area contributed by atoms with Crippen LogP contribution in [0.1, 0.15) is 29.6 Å². The number of ketones is 1. The Kier molecular flexibility index (Phi) is 2.13. The molecule has 0 saturated heterocycles. The predicted octanol–water partition coefficient (Wildman–Crippen LogP) is 4.05. The molecule has 2 aliphatic rings. The van der Waals surface area contributed by atoms with Crippen molar-refractivity contribution in [3.05, 3.63) is 35.0 Å². The van der Waals surface area contributed by atoms with Crippen molar-refractivity contribution in [2.24, 2.45) is 17.8 Å². The minimum atomic E-state index is 0.253. The number of nitrogens with one attached hydrogen (secondary N) is 1. The zero-order valence-corrected chi connectivity index (χ0v) is 10.7. The number of fused-ring (bicyclic) bond motifs is 2. The minimum absolute atomic E-state index is 0.253. The Morgan fingerprint density at radius 1 is 1.22 bits per heavy atom. The Balaban J connectivity index is 1.71. The minimum Gasteiger partial charge on any atom is -0.360 e. The van der Waals surface area contributed by atoms with Crippen LogP contribution in [0.4, 0.5) is 0 Å². The largest absolute Gasteiger partial charge is 0.360 e. The third-order valence-corrected chi connectivity index (χ3v) is 4.76. The average Bonchev–Trinajstić information content (AvgIpc) is 2.81. The Morgan fingerprint density at radius 3 is 2.78 bits per heavy atom. The van der Waals surface area contributed by atoms with Crippen LogP contribution in [0.5, 0.6) is 0 Å². The average molecular weight is 260 g/mol. The molecule has 0 radical (unpaired) electrons. The predicted molar refractivity (Wildman–Crippen MR) is 72.0 cm³/mol. The van der Waals surface area contributed by atoms with E-state index in [9.17, 15) is 4.79 Å². The number of Topliss-reactive ketones (excluding diaryl/α,β-unsaturated/α-hetero) is 1. The van der Waals surface area contributed by atoms with Gasteiger partial charge in [0.1, 0.15) is 0 Å². The third kappa shape index (κ3) is 1.52. The van der Waals surface area contributed by atoms with E-state index < -0.39 is 0 Å². The SMILES string of the molecule is O=C(c1c[nH]c2cc(Cl)ccc12)C1CC2CC2C1. The molecule has 2 saturated carbocycles. The van der Waals surface area contributed by atoms with Crippen LogP contribution in [-0.2, 0) is 0 Å². The summed E-state index contributed by atoms with van der Waals surface area (Å²) in [5.41, 5.74) is 1.79. The van der Waals surface area contributed by atoms with Crippen molar-refractivity contribution in [2.45, 2.75) is 19.3 Å². The molecule has 0 bridgehead atoms. The first kappa shape index (κ1) is 10.6. The summed E-state index contributed by atoms with van der Waals surface area (Å²) in [6.07, 6.45) is 5.40. The van der Waals surface area contributed by atoms with Crippen LogP contribution in [0.3, 0.4) is 0 Å². The van der Waals surface area contributed by atoms with Crippen LogP contribution in [0.2, 0.25) is 5.02 Å². The smallest absolute Gasteiger partial charge is 0.168 e. The van der Waals surface area contributed by atoms with Crippen molar-refractivity contribution in [3.8, 4) is 0 Å². The summed E-state index contributed by atoms with van der Waals surface area (Å²) >= 11 is 5.95. The highest BCUT2D eigenvalue weighted by atomic mass is 35.5. The number of rotatable bonds is 2. The molecule has 3 heteroatoms. The molecule has 2 unspecified atom stereocenters. The van der Waals surface area contributed by atoms with Gasteiger partial charge in [0.15, 0.2) is 5.78 Å². The van der Waals surface area contributed by atoms with Gasteiger partial charge < -0.3 is 4.98 Å². The summed E-state index contributed by atoms with van der Waals surface area (Å²) in [7, 11) is 0. The molecule has 2 aliphatic carbocycles. The molecule has 18 heavy (non-hydrogen) atoms. The van der Waals surface area contributed by atoms with E-state index in [1.54, 1.807) is 0 Å². The second-order valence-electron chi connectivity index (χ2n) is 5.68. The van der Waals surface area contributed by atoms with E-state index in [1.165, 1.54) is 6.42 Å². The van der Waals surface area contributed by atoms with Crippen LogP contribution >= 0.6 is 11.6 Å². The number of aromatic nitrogens is 1. The van der Waals surface area contributed by atoms with Crippen LogP contribution in [0, 0.1) is 17.8 Å². The summed E-state index contributed by atoms with van der Waals surface area (Å²) in [5, 5.41) is 1.70. The summed E-state index contributed by atoms with van der Waals surface area (Å²) in [6.45, 7) is 0. The maximum absolute atomic E-state index is 12.5. The summed E-state index contributed by atoms with van der Waals surface area (Å²) < 4.78 is 0. The molecule has 0 amide bonds. The van der Waals surface area contributed by atoms with Crippen molar-refractivity contribution < 1.29 is 4.79 Å². The van der Waals surface area contributed by atoms with Crippen molar-refractivity contribution in [2.75, 3.05) is 0 Å². The van der Waals surface area contributed by atoms with Crippen molar-refractivity contribution in [1.29, 1.82) is 0 Å². The van der Waals surface area contributed by atoms with E-state index in [1.807, 2.05) is 24.4 Å². The number of hydrogen-bond donors (Lipinski definition) is 1. The van der Waals surface area contributed by atoms with Gasteiger partial charge in [0.05, 0.1) is 0 Å². The first-order valence-corrected chi connectivity index (χ1v) is 6.91. The Morgan fingerprint density at radius 2 is 2.00 bits per heavy atom. The van der Waals surface area contributed by atoms with Crippen molar-refractivity contribution >= 4 is 28.3 Å². The number of hydrogen-bond acceptors (Lipinski definition) is 1. The molecular formula is C15H14ClNO. The Bertz CT molecular complexity index is 635. The van der Waals surface area contributed by atoms with Crippen molar-refractivity contribution in [1.82, 2.24) is 4.98 Å². The van der Waals surface area contributed by atoms with Gasteiger partial charge in [0, 0.05) is 33.6 Å². The summed E-state index contributed by atoms with van der Waals surface area (Å²) in [5.74, 6) is 2.26. The lowest BCUT2D eigenvalue weighted by atomic mass is 9.93. The number of benzene rings is 1. The highest BCUT2D eigenvalue weighted by molar-refractivity contribution is 6.31. The highest BCUT2D eigenvalue weighted by Gasteiger charge is 2.48. The van der Waals surface area contributed by atoms with E-state index in [0.717, 1.165) is 41.1 Å². The topological polar surface area (TPSA) is 32.9 Å². The monoisotopic (exact) mass is 259 g/mol. The Hall–Kier alpha value is -1.28. The van der Waals surface area contributed by atoms with Gasteiger partial charge in [0.25, 0.3) is 0 Å². The van der Waals surface area contributed by atoms with Gasteiger partial charge in [-0.1, -0.05) is 17.7 Å². The molecule has 2 atom stereocenters. The maximum Gasteiger partial charge on any atom is 0.168 e. The fourth-order valence-electron chi connectivity index (χ4n) is 3.45. The van der Waals surface area contributed by atoms with Gasteiger partial charge in [-0.15, -0.1) is 0 Å². The number of halogens is 1. The van der Waals surface area contributed by atoms with Gasteiger partial charge in [-0.25, -0.2) is 0 Å². The van der Waals surface area contributed by atoms with Crippen molar-refractivity contribution in [3.63, 3.8) is 0 Å². The van der Waals surface area contributed by atoms with E-state index in [4.69, 9.17) is 11.6 Å². The lowest BCUT2D eigenvalue weighted by molar-refractivity contribution is 0.0916. The lowest BCUT2D eigenvalue weighted by Gasteiger charge is -2.09. The normalized spacial score (nSPS) is 29.5. The number of carbonyl (C=O) groups is 1. The zero-order chi connectivity index (χ0) is 12.3. The van der Waals surface area contributed by atoms with Crippen LogP contribution in [-0.4, -0.2) is 10.8 Å². The number of aromatic amines is 1. The van der Waals surface area contributed by atoms with Crippen LogP contribution in [0.15, 0.2) is 24.4 Å². The van der Waals surface area contributed by atoms with E-state index in [0.29, 0.717) is 10.8 Å². The molecule has 92 valence electrons. The summed E-state index contributed by atoms with van der Waals surface area (Å²) in [4.78, 5) is 15.7. The summed E-state index contributed by atoms with van der Waals surface area (Å²) in [6, 6.07) is 5.66. The molecule has 2 aromatic rings. The van der Waals surface area contributed by atoms with Crippen LogP contribution in [0.25, 0.3) is 10.9 Å². The highest BCUT2D eigenvalue weighted by Crippen LogP contribution is 2.55. The van der Waals surface area contributed by atoms with Gasteiger partial charge in [-0.05, 0) is 43.2 Å². The fourth-order valence-corrected chi connectivity index (χ4v) is 3.62. The molecule has 4 rings (SSSR count). The molecule has 2 fully saturated rings. The van der Waals surface area contributed by atoms with Gasteiger partial charge in [0.2, 0.25) is 0 Å². The van der Waals surface area contributed by atoms with Crippen LogP contribution < -0.4 is 0 Å². The molecule has 1 heterocycles. The second-order valence-corrected chi connectivity index (χ2v) is 6.12. The maximum atomic E-state index is 12.5. The standard InChI is InChI=1S/C15H14ClNO/c16-11-1-2-12-13(7-17-14(12)6-11)15(18)10-4-8-3-9(8)5-10/h1-2,6-10,17H,3-5H2. The quantitative estimate of drug-likeness (QED) is 0.811. The molecule has 1 aromatic carbocycles. The van der Waals surface area contributed by atoms with Gasteiger partial charge >= 0.3 is 0 Å². The molecule has 0 spiro atoms. The first-order valence-electron chi connectivity index (χ1n) is 6.53. The molecular weight excluding hydrogens is 246 g/mol. The third-order valence-electron chi connectivity index (χ3n) is 4.52. The molecule has 1 N–H and O–H groups in total.